The molecule has 2 unspecified atom stereocenters. The highest BCUT2D eigenvalue weighted by atomic mass is 32.2. The summed E-state index contributed by atoms with van der Waals surface area (Å²) in [6.07, 6.45) is 4.19. The number of alkyl carbamates (subject to hydrolysis) is 1. The summed E-state index contributed by atoms with van der Waals surface area (Å²) in [6, 6.07) is 5.58. The van der Waals surface area contributed by atoms with Gasteiger partial charge < -0.3 is 25.0 Å². The van der Waals surface area contributed by atoms with E-state index in [1.807, 2.05) is 37.4 Å². The van der Waals surface area contributed by atoms with Crippen molar-refractivity contribution in [3.8, 4) is 0 Å². The highest BCUT2D eigenvalue weighted by Crippen LogP contribution is 2.35. The van der Waals surface area contributed by atoms with Gasteiger partial charge in [0.05, 0.1) is 13.0 Å². The summed E-state index contributed by atoms with van der Waals surface area (Å²) in [4.78, 5) is 54.0. The number of aryl methyl sites for hydroxylation is 1. The summed E-state index contributed by atoms with van der Waals surface area (Å²) in [5.41, 5.74) is 0.867. The predicted molar refractivity (Wildman–Crippen MR) is 149 cm³/mol. The number of rotatable bonds is 13. The molecule has 212 valence electrons. The number of thioether (sulfide) groups is 1. The Labute approximate surface area is 230 Å². The van der Waals surface area contributed by atoms with E-state index < -0.39 is 29.7 Å². The first kappa shape index (κ1) is 31.5. The van der Waals surface area contributed by atoms with E-state index in [9.17, 15) is 19.2 Å². The molecule has 9 nitrogen and oxygen atoms in total. The minimum absolute atomic E-state index is 0.0357. The number of hydrogen-bond acceptors (Lipinski definition) is 7. The van der Waals surface area contributed by atoms with Crippen LogP contribution in [0.2, 0.25) is 0 Å². The Kier molecular flexibility index (Phi) is 12.4. The van der Waals surface area contributed by atoms with Crippen LogP contribution in [0.25, 0.3) is 0 Å². The van der Waals surface area contributed by atoms with Crippen LogP contribution >= 0.6 is 11.8 Å². The third kappa shape index (κ3) is 9.53. The average Bonchev–Trinajstić information content (AvgIpc) is 2.79. The number of amides is 3. The Morgan fingerprint density at radius 1 is 1.16 bits per heavy atom. The molecule has 0 saturated heterocycles. The van der Waals surface area contributed by atoms with Gasteiger partial charge in [-0.1, -0.05) is 24.3 Å². The molecule has 1 aliphatic carbocycles. The molecule has 1 saturated carbocycles. The molecule has 0 spiro atoms. The first-order valence-corrected chi connectivity index (χ1v) is 14.7. The van der Waals surface area contributed by atoms with Crippen LogP contribution in [0.3, 0.4) is 0 Å². The molecule has 2 atom stereocenters. The molecule has 0 radical (unpaired) electrons. The fourth-order valence-electron chi connectivity index (χ4n) is 4.23. The lowest BCUT2D eigenvalue weighted by atomic mass is 9.87. The molecule has 1 aromatic rings. The fraction of sp³-hybridized carbons (Fsp3) is 0.643. The summed E-state index contributed by atoms with van der Waals surface area (Å²) in [5, 5.41) is 5.61. The molecular weight excluding hydrogens is 506 g/mol. The normalized spacial score (nSPS) is 15.0. The van der Waals surface area contributed by atoms with Gasteiger partial charge in [0.25, 0.3) is 0 Å². The van der Waals surface area contributed by atoms with Crippen molar-refractivity contribution in [2.24, 2.45) is 0 Å². The van der Waals surface area contributed by atoms with Crippen LogP contribution in [0.15, 0.2) is 24.3 Å². The second-order valence-electron chi connectivity index (χ2n) is 10.4. The van der Waals surface area contributed by atoms with E-state index in [0.29, 0.717) is 17.7 Å². The summed E-state index contributed by atoms with van der Waals surface area (Å²) in [6.45, 7) is 9.29. The maximum absolute atomic E-state index is 14.2. The fourth-order valence-corrected chi connectivity index (χ4v) is 4.71. The summed E-state index contributed by atoms with van der Waals surface area (Å²) < 4.78 is 10.4. The van der Waals surface area contributed by atoms with Gasteiger partial charge in [-0.05, 0) is 83.4 Å². The van der Waals surface area contributed by atoms with Crippen LogP contribution in [-0.4, -0.2) is 71.6 Å². The van der Waals surface area contributed by atoms with E-state index in [-0.39, 0.29) is 37.4 Å². The van der Waals surface area contributed by atoms with Crippen molar-refractivity contribution in [2.45, 2.75) is 90.4 Å². The minimum Gasteiger partial charge on any atom is -0.466 e. The predicted octanol–water partition coefficient (Wildman–Crippen LogP) is 4.13. The van der Waals surface area contributed by atoms with Gasteiger partial charge >= 0.3 is 12.1 Å². The van der Waals surface area contributed by atoms with Crippen molar-refractivity contribution in [2.75, 3.05) is 25.2 Å². The second kappa shape index (κ2) is 15.0. The average molecular weight is 550 g/mol. The highest BCUT2D eigenvalue weighted by Gasteiger charge is 2.42. The molecule has 1 aromatic carbocycles. The Bertz CT molecular complexity index is 960. The molecule has 38 heavy (non-hydrogen) atoms. The van der Waals surface area contributed by atoms with Gasteiger partial charge in [-0.15, -0.1) is 0 Å². The number of nitrogens with zero attached hydrogens (tertiary/aromatic N) is 1. The number of hydrogen-bond donors (Lipinski definition) is 2. The second-order valence-corrected chi connectivity index (χ2v) is 11.4. The standard InChI is InChI=1S/C28H43N3O6S/c1-7-36-23(32)15-17-29-25(33)24(21-14-9-8-11-19(21)2)31(20-12-10-13-20)26(34)22(16-18-38-6)30-27(35)37-28(3,4)5/h8-9,11,14,20,22,24H,7,10,12-13,15-18H2,1-6H3,(H,29,33)(H,30,35). The van der Waals surface area contributed by atoms with Crippen molar-refractivity contribution in [3.05, 3.63) is 35.4 Å². The first-order valence-electron chi connectivity index (χ1n) is 13.3. The SMILES string of the molecule is CCOC(=O)CCNC(=O)C(c1ccccc1C)N(C(=O)C(CCSC)NC(=O)OC(C)(C)C)C1CCC1. The molecule has 0 bridgehead atoms. The molecule has 10 heteroatoms. The molecule has 0 aliphatic heterocycles. The number of carbonyl (C=O) groups is 4. The Morgan fingerprint density at radius 2 is 1.84 bits per heavy atom. The lowest BCUT2D eigenvalue weighted by Crippen LogP contribution is -2.57. The minimum atomic E-state index is -0.909. The van der Waals surface area contributed by atoms with E-state index in [4.69, 9.17) is 9.47 Å². The van der Waals surface area contributed by atoms with Gasteiger partial charge in [0.2, 0.25) is 11.8 Å². The summed E-state index contributed by atoms with van der Waals surface area (Å²) in [7, 11) is 0. The monoisotopic (exact) mass is 549 g/mol. The van der Waals surface area contributed by atoms with E-state index in [1.165, 1.54) is 0 Å². The molecule has 0 heterocycles. The smallest absolute Gasteiger partial charge is 0.408 e. The van der Waals surface area contributed by atoms with Crippen LogP contribution in [0, 0.1) is 6.92 Å². The Hall–Kier alpha value is -2.75. The zero-order valence-electron chi connectivity index (χ0n) is 23.5. The van der Waals surface area contributed by atoms with Crippen LogP contribution in [0.5, 0.6) is 0 Å². The summed E-state index contributed by atoms with van der Waals surface area (Å²) >= 11 is 1.57. The van der Waals surface area contributed by atoms with Crippen molar-refractivity contribution in [1.82, 2.24) is 15.5 Å². The van der Waals surface area contributed by atoms with Gasteiger partial charge in [0, 0.05) is 12.6 Å². The topological polar surface area (TPSA) is 114 Å². The number of nitrogens with one attached hydrogen (secondary N) is 2. The quantitative estimate of drug-likeness (QED) is 0.356. The number of benzene rings is 1. The highest BCUT2D eigenvalue weighted by molar-refractivity contribution is 7.98. The Balaban J connectivity index is 2.41. The van der Waals surface area contributed by atoms with Crippen LogP contribution in [-0.2, 0) is 23.9 Å². The first-order chi connectivity index (χ1) is 18.0. The molecule has 2 N–H and O–H groups in total. The van der Waals surface area contributed by atoms with Gasteiger partial charge in [0.1, 0.15) is 17.7 Å². The van der Waals surface area contributed by atoms with Gasteiger partial charge in [0.15, 0.2) is 0 Å². The number of carbonyl (C=O) groups excluding carboxylic acids is 4. The van der Waals surface area contributed by atoms with Crippen LogP contribution in [0.4, 0.5) is 4.79 Å². The van der Waals surface area contributed by atoms with E-state index in [0.717, 1.165) is 24.8 Å². The van der Waals surface area contributed by atoms with Crippen molar-refractivity contribution in [3.63, 3.8) is 0 Å². The van der Waals surface area contributed by atoms with Crippen LogP contribution in [0.1, 0.15) is 77.0 Å². The van der Waals surface area contributed by atoms with Gasteiger partial charge in [-0.25, -0.2) is 4.79 Å². The van der Waals surface area contributed by atoms with E-state index >= 15 is 0 Å². The van der Waals surface area contributed by atoms with Gasteiger partial charge in [-0.3, -0.25) is 14.4 Å². The van der Waals surface area contributed by atoms with Gasteiger partial charge in [-0.2, -0.15) is 11.8 Å². The number of ether oxygens (including phenoxy) is 2. The maximum Gasteiger partial charge on any atom is 0.408 e. The van der Waals surface area contributed by atoms with E-state index in [2.05, 4.69) is 10.6 Å². The maximum atomic E-state index is 14.2. The van der Waals surface area contributed by atoms with Crippen molar-refractivity contribution >= 4 is 35.6 Å². The van der Waals surface area contributed by atoms with Crippen LogP contribution < -0.4 is 10.6 Å². The lowest BCUT2D eigenvalue weighted by Gasteiger charge is -2.44. The summed E-state index contributed by atoms with van der Waals surface area (Å²) in [5.74, 6) is -0.440. The largest absolute Gasteiger partial charge is 0.466 e. The van der Waals surface area contributed by atoms with E-state index in [1.54, 1.807) is 44.4 Å². The third-order valence-electron chi connectivity index (χ3n) is 6.27. The molecule has 2 rings (SSSR count). The lowest BCUT2D eigenvalue weighted by molar-refractivity contribution is -0.148. The molecular formula is C28H43N3O6S. The number of esters is 1. The van der Waals surface area contributed by atoms with Crippen molar-refractivity contribution < 1.29 is 28.7 Å². The van der Waals surface area contributed by atoms with Crippen molar-refractivity contribution in [1.29, 1.82) is 0 Å². The zero-order chi connectivity index (χ0) is 28.3. The zero-order valence-corrected chi connectivity index (χ0v) is 24.3. The Morgan fingerprint density at radius 3 is 2.39 bits per heavy atom. The molecule has 3 amide bonds. The molecule has 1 aliphatic rings. The third-order valence-corrected chi connectivity index (χ3v) is 6.91. The molecule has 1 fully saturated rings. The molecule has 0 aromatic heterocycles.